The van der Waals surface area contributed by atoms with Crippen LogP contribution in [0.25, 0.3) is 6.08 Å². The largest absolute Gasteiger partial charge is 0.348 e. The Labute approximate surface area is 125 Å². The molecule has 0 spiro atoms. The van der Waals surface area contributed by atoms with Crippen LogP contribution in [0.4, 0.5) is 0 Å². The SMILES string of the molecule is Cc1cc(C)c(CNC(=O)/C=C/c2cccnc2)c(C)c1. The van der Waals surface area contributed by atoms with E-state index >= 15 is 0 Å². The van der Waals surface area contributed by atoms with Crippen LogP contribution >= 0.6 is 0 Å². The van der Waals surface area contributed by atoms with E-state index in [1.165, 1.54) is 28.3 Å². The van der Waals surface area contributed by atoms with Crippen LogP contribution in [0.2, 0.25) is 0 Å². The van der Waals surface area contributed by atoms with E-state index in [1.54, 1.807) is 18.5 Å². The molecular formula is C18H20N2O. The second-order valence-electron chi connectivity index (χ2n) is 5.21. The van der Waals surface area contributed by atoms with Crippen molar-refractivity contribution in [3.63, 3.8) is 0 Å². The fraction of sp³-hybridized carbons (Fsp3) is 0.222. The Morgan fingerprint density at radius 1 is 1.24 bits per heavy atom. The minimum Gasteiger partial charge on any atom is -0.348 e. The van der Waals surface area contributed by atoms with Gasteiger partial charge in [0.25, 0.3) is 0 Å². The number of rotatable bonds is 4. The minimum absolute atomic E-state index is 0.0989. The number of pyridine rings is 1. The monoisotopic (exact) mass is 280 g/mol. The molecule has 3 nitrogen and oxygen atoms in total. The van der Waals surface area contributed by atoms with Gasteiger partial charge < -0.3 is 5.32 Å². The first-order valence-electron chi connectivity index (χ1n) is 6.99. The van der Waals surface area contributed by atoms with Crippen molar-refractivity contribution in [2.24, 2.45) is 0 Å². The zero-order valence-corrected chi connectivity index (χ0v) is 12.7. The van der Waals surface area contributed by atoms with Gasteiger partial charge in [-0.15, -0.1) is 0 Å². The second-order valence-corrected chi connectivity index (χ2v) is 5.21. The quantitative estimate of drug-likeness (QED) is 0.873. The summed E-state index contributed by atoms with van der Waals surface area (Å²) in [7, 11) is 0. The van der Waals surface area contributed by atoms with E-state index in [2.05, 4.69) is 43.2 Å². The Kier molecular flexibility index (Phi) is 4.88. The number of carbonyl (C=O) groups is 1. The maximum Gasteiger partial charge on any atom is 0.244 e. The first-order valence-corrected chi connectivity index (χ1v) is 6.99. The summed E-state index contributed by atoms with van der Waals surface area (Å²) in [5, 5.41) is 2.92. The molecule has 0 radical (unpaired) electrons. The smallest absolute Gasteiger partial charge is 0.244 e. The molecule has 0 aliphatic carbocycles. The molecule has 2 rings (SSSR count). The summed E-state index contributed by atoms with van der Waals surface area (Å²) in [6, 6.07) is 8.03. The second kappa shape index (κ2) is 6.84. The lowest BCUT2D eigenvalue weighted by Gasteiger charge is -2.11. The Morgan fingerprint density at radius 2 is 1.95 bits per heavy atom. The summed E-state index contributed by atoms with van der Waals surface area (Å²) in [6.07, 6.45) is 6.73. The van der Waals surface area contributed by atoms with Crippen molar-refractivity contribution in [3.05, 3.63) is 70.6 Å². The molecule has 2 aromatic rings. The number of benzene rings is 1. The van der Waals surface area contributed by atoms with Gasteiger partial charge >= 0.3 is 0 Å². The predicted molar refractivity (Wildman–Crippen MR) is 85.8 cm³/mol. The fourth-order valence-corrected chi connectivity index (χ4v) is 2.37. The van der Waals surface area contributed by atoms with Gasteiger partial charge in [-0.25, -0.2) is 0 Å². The molecule has 0 atom stereocenters. The number of aryl methyl sites for hydroxylation is 3. The lowest BCUT2D eigenvalue weighted by atomic mass is 10.00. The topological polar surface area (TPSA) is 42.0 Å². The molecular weight excluding hydrogens is 260 g/mol. The fourth-order valence-electron chi connectivity index (χ4n) is 2.37. The van der Waals surface area contributed by atoms with Gasteiger partial charge in [-0.2, -0.15) is 0 Å². The third kappa shape index (κ3) is 4.28. The maximum atomic E-state index is 11.9. The molecule has 1 heterocycles. The molecule has 21 heavy (non-hydrogen) atoms. The van der Waals surface area contributed by atoms with Gasteiger partial charge in [-0.1, -0.05) is 23.8 Å². The Balaban J connectivity index is 1.97. The van der Waals surface area contributed by atoms with Crippen molar-refractivity contribution in [1.82, 2.24) is 10.3 Å². The van der Waals surface area contributed by atoms with Crippen molar-refractivity contribution in [2.75, 3.05) is 0 Å². The van der Waals surface area contributed by atoms with Gasteiger partial charge in [0.1, 0.15) is 0 Å². The zero-order valence-electron chi connectivity index (χ0n) is 12.7. The van der Waals surface area contributed by atoms with Gasteiger partial charge in [-0.05, 0) is 55.2 Å². The Bertz CT molecular complexity index is 637. The van der Waals surface area contributed by atoms with Crippen LogP contribution in [-0.2, 0) is 11.3 Å². The highest BCUT2D eigenvalue weighted by atomic mass is 16.1. The van der Waals surface area contributed by atoms with Crippen molar-refractivity contribution < 1.29 is 4.79 Å². The van der Waals surface area contributed by atoms with Gasteiger partial charge in [0.2, 0.25) is 5.91 Å². The van der Waals surface area contributed by atoms with Gasteiger partial charge in [0.15, 0.2) is 0 Å². The number of aromatic nitrogens is 1. The molecule has 0 aliphatic rings. The molecule has 1 aromatic carbocycles. The number of amides is 1. The summed E-state index contributed by atoms with van der Waals surface area (Å²) in [6.45, 7) is 6.78. The van der Waals surface area contributed by atoms with Crippen molar-refractivity contribution in [3.8, 4) is 0 Å². The average molecular weight is 280 g/mol. The number of hydrogen-bond acceptors (Lipinski definition) is 2. The maximum absolute atomic E-state index is 11.9. The molecule has 0 saturated heterocycles. The third-order valence-electron chi connectivity index (χ3n) is 3.39. The van der Waals surface area contributed by atoms with E-state index in [-0.39, 0.29) is 5.91 Å². The van der Waals surface area contributed by atoms with Crippen LogP contribution in [0, 0.1) is 20.8 Å². The number of nitrogens with zero attached hydrogens (tertiary/aromatic N) is 1. The van der Waals surface area contributed by atoms with Gasteiger partial charge in [-0.3, -0.25) is 9.78 Å². The van der Waals surface area contributed by atoms with Crippen LogP contribution in [0.5, 0.6) is 0 Å². The van der Waals surface area contributed by atoms with E-state index < -0.39 is 0 Å². The number of hydrogen-bond donors (Lipinski definition) is 1. The standard InChI is InChI=1S/C18H20N2O/c1-13-9-14(2)17(15(3)10-13)12-20-18(21)7-6-16-5-4-8-19-11-16/h4-11H,12H2,1-3H3,(H,20,21)/b7-6+. The summed E-state index contributed by atoms with van der Waals surface area (Å²) in [4.78, 5) is 15.9. The number of nitrogens with one attached hydrogen (secondary N) is 1. The molecule has 1 aromatic heterocycles. The summed E-state index contributed by atoms with van der Waals surface area (Å²) in [5.74, 6) is -0.0989. The highest BCUT2D eigenvalue weighted by molar-refractivity contribution is 5.91. The van der Waals surface area contributed by atoms with Crippen molar-refractivity contribution in [1.29, 1.82) is 0 Å². The van der Waals surface area contributed by atoms with Crippen LogP contribution < -0.4 is 5.32 Å². The van der Waals surface area contributed by atoms with Crippen LogP contribution in [0.15, 0.2) is 42.7 Å². The lowest BCUT2D eigenvalue weighted by Crippen LogP contribution is -2.21. The van der Waals surface area contributed by atoms with Crippen LogP contribution in [-0.4, -0.2) is 10.9 Å². The highest BCUT2D eigenvalue weighted by Crippen LogP contribution is 2.16. The molecule has 1 N–H and O–H groups in total. The molecule has 0 aliphatic heterocycles. The average Bonchev–Trinajstić information content (AvgIpc) is 2.45. The molecule has 0 fully saturated rings. The third-order valence-corrected chi connectivity index (χ3v) is 3.39. The van der Waals surface area contributed by atoms with E-state index in [9.17, 15) is 4.79 Å². The molecule has 1 amide bonds. The Hall–Kier alpha value is -2.42. The van der Waals surface area contributed by atoms with Crippen molar-refractivity contribution in [2.45, 2.75) is 27.3 Å². The lowest BCUT2D eigenvalue weighted by molar-refractivity contribution is -0.116. The molecule has 0 bridgehead atoms. The number of carbonyl (C=O) groups excluding carboxylic acids is 1. The van der Waals surface area contributed by atoms with Crippen molar-refractivity contribution >= 4 is 12.0 Å². The molecule has 3 heteroatoms. The summed E-state index contributed by atoms with van der Waals surface area (Å²) >= 11 is 0. The van der Waals surface area contributed by atoms with Gasteiger partial charge in [0, 0.05) is 25.0 Å². The van der Waals surface area contributed by atoms with E-state index in [1.807, 2.05) is 12.1 Å². The summed E-state index contributed by atoms with van der Waals surface area (Å²) in [5.41, 5.74) is 5.77. The molecule has 0 unspecified atom stereocenters. The first-order chi connectivity index (χ1) is 10.1. The highest BCUT2D eigenvalue weighted by Gasteiger charge is 2.04. The molecule has 0 saturated carbocycles. The van der Waals surface area contributed by atoms with Crippen LogP contribution in [0.3, 0.4) is 0 Å². The minimum atomic E-state index is -0.0989. The Morgan fingerprint density at radius 3 is 2.57 bits per heavy atom. The van der Waals surface area contributed by atoms with Gasteiger partial charge in [0.05, 0.1) is 0 Å². The normalized spacial score (nSPS) is 10.8. The van der Waals surface area contributed by atoms with E-state index in [0.29, 0.717) is 6.54 Å². The summed E-state index contributed by atoms with van der Waals surface area (Å²) < 4.78 is 0. The first kappa shape index (κ1) is 15.0. The van der Waals surface area contributed by atoms with E-state index in [0.717, 1.165) is 5.56 Å². The predicted octanol–water partition coefficient (Wildman–Crippen LogP) is 3.34. The van der Waals surface area contributed by atoms with Crippen LogP contribution in [0.1, 0.15) is 27.8 Å². The van der Waals surface area contributed by atoms with E-state index in [4.69, 9.17) is 0 Å². The molecule has 108 valence electrons. The zero-order chi connectivity index (χ0) is 15.2.